The van der Waals surface area contributed by atoms with Gasteiger partial charge in [0.05, 0.1) is 5.92 Å². The van der Waals surface area contributed by atoms with E-state index in [4.69, 9.17) is 5.11 Å². The van der Waals surface area contributed by atoms with Crippen molar-refractivity contribution in [2.75, 3.05) is 0 Å². The number of rotatable bonds is 4. The lowest BCUT2D eigenvalue weighted by atomic mass is 9.73. The van der Waals surface area contributed by atoms with Crippen LogP contribution in [0.2, 0.25) is 0 Å². The predicted octanol–water partition coefficient (Wildman–Crippen LogP) is 2.71. The second-order valence-electron chi connectivity index (χ2n) is 3.51. The zero-order valence-electron chi connectivity index (χ0n) is 7.45. The molecular weight excluding hydrogens is 176 g/mol. The van der Waals surface area contributed by atoms with Gasteiger partial charge in [-0.3, -0.25) is 4.79 Å². The summed E-state index contributed by atoms with van der Waals surface area (Å²) < 4.78 is 0. The highest BCUT2D eigenvalue weighted by Crippen LogP contribution is 2.36. The molecule has 0 bridgehead atoms. The third kappa shape index (κ3) is 3.02. The molecule has 0 unspecified atom stereocenters. The maximum atomic E-state index is 10.4. The van der Waals surface area contributed by atoms with Crippen LogP contribution in [0.4, 0.5) is 0 Å². The minimum atomic E-state index is -0.599. The molecule has 72 valence electrons. The average molecular weight is 193 g/mol. The smallest absolute Gasteiger partial charge is 0.306 e. The SMILES string of the molecule is CCCCC1CC(C(=O)O)C1.Cl. The first kappa shape index (κ1) is 11.8. The molecule has 0 aromatic carbocycles. The van der Waals surface area contributed by atoms with E-state index in [1.165, 1.54) is 19.3 Å². The quantitative estimate of drug-likeness (QED) is 0.744. The maximum Gasteiger partial charge on any atom is 0.306 e. The van der Waals surface area contributed by atoms with Crippen LogP contribution in [-0.2, 0) is 4.79 Å². The van der Waals surface area contributed by atoms with Crippen LogP contribution in [0.5, 0.6) is 0 Å². The van der Waals surface area contributed by atoms with Crippen molar-refractivity contribution in [1.29, 1.82) is 0 Å². The molecular formula is C9H17ClO2. The standard InChI is InChI=1S/C9H16O2.ClH/c1-2-3-4-7-5-8(6-7)9(10)11;/h7-8H,2-6H2,1H3,(H,10,11);1H. The van der Waals surface area contributed by atoms with E-state index < -0.39 is 5.97 Å². The first-order valence-corrected chi connectivity index (χ1v) is 4.46. The van der Waals surface area contributed by atoms with Crippen LogP contribution >= 0.6 is 12.4 Å². The second kappa shape index (κ2) is 5.41. The molecule has 0 saturated heterocycles. The number of hydrogen-bond acceptors (Lipinski definition) is 1. The fourth-order valence-corrected chi connectivity index (χ4v) is 1.67. The Balaban J connectivity index is 0.00000121. The van der Waals surface area contributed by atoms with Crippen molar-refractivity contribution in [3.8, 4) is 0 Å². The molecule has 0 spiro atoms. The molecule has 0 aromatic rings. The van der Waals surface area contributed by atoms with Gasteiger partial charge in [0.15, 0.2) is 0 Å². The van der Waals surface area contributed by atoms with Crippen LogP contribution in [0.1, 0.15) is 39.0 Å². The summed E-state index contributed by atoms with van der Waals surface area (Å²) >= 11 is 0. The lowest BCUT2D eigenvalue weighted by molar-refractivity contribution is -0.146. The molecule has 0 heterocycles. The monoisotopic (exact) mass is 192 g/mol. The molecule has 1 aliphatic rings. The summed E-state index contributed by atoms with van der Waals surface area (Å²) in [7, 11) is 0. The molecule has 1 aliphatic carbocycles. The average Bonchev–Trinajstić information content (AvgIpc) is 1.84. The highest BCUT2D eigenvalue weighted by Gasteiger charge is 2.33. The lowest BCUT2D eigenvalue weighted by Crippen LogP contribution is -2.30. The van der Waals surface area contributed by atoms with E-state index in [0.717, 1.165) is 18.8 Å². The van der Waals surface area contributed by atoms with Gasteiger partial charge in [-0.1, -0.05) is 26.2 Å². The summed E-state index contributed by atoms with van der Waals surface area (Å²) in [6.07, 6.45) is 5.58. The van der Waals surface area contributed by atoms with Crippen LogP contribution in [0.25, 0.3) is 0 Å². The zero-order chi connectivity index (χ0) is 8.27. The third-order valence-corrected chi connectivity index (χ3v) is 2.55. The number of carboxylic acids is 1. The van der Waals surface area contributed by atoms with E-state index in [9.17, 15) is 4.79 Å². The number of halogens is 1. The van der Waals surface area contributed by atoms with E-state index in [-0.39, 0.29) is 18.3 Å². The van der Waals surface area contributed by atoms with Gasteiger partial charge in [0, 0.05) is 0 Å². The molecule has 2 nitrogen and oxygen atoms in total. The number of carboxylic acid groups (broad SMARTS) is 1. The van der Waals surface area contributed by atoms with Crippen LogP contribution in [-0.4, -0.2) is 11.1 Å². The first-order chi connectivity index (χ1) is 5.24. The topological polar surface area (TPSA) is 37.3 Å². The van der Waals surface area contributed by atoms with Gasteiger partial charge < -0.3 is 5.11 Å². The number of aliphatic carboxylic acids is 1. The molecule has 0 aromatic heterocycles. The predicted molar refractivity (Wildman–Crippen MR) is 50.6 cm³/mol. The number of hydrogen-bond donors (Lipinski definition) is 1. The maximum absolute atomic E-state index is 10.4. The lowest BCUT2D eigenvalue weighted by Gasteiger charge is -2.32. The minimum absolute atomic E-state index is 0. The number of unbranched alkanes of at least 4 members (excludes halogenated alkanes) is 1. The Kier molecular flexibility index (Phi) is 5.31. The Morgan fingerprint density at radius 1 is 1.50 bits per heavy atom. The van der Waals surface area contributed by atoms with Crippen molar-refractivity contribution in [2.24, 2.45) is 11.8 Å². The molecule has 12 heavy (non-hydrogen) atoms. The van der Waals surface area contributed by atoms with Gasteiger partial charge in [0.1, 0.15) is 0 Å². The molecule has 1 N–H and O–H groups in total. The van der Waals surface area contributed by atoms with Crippen molar-refractivity contribution in [3.63, 3.8) is 0 Å². The van der Waals surface area contributed by atoms with E-state index in [2.05, 4.69) is 6.92 Å². The van der Waals surface area contributed by atoms with Gasteiger partial charge in [0.2, 0.25) is 0 Å². The molecule has 1 rings (SSSR count). The zero-order valence-corrected chi connectivity index (χ0v) is 8.27. The summed E-state index contributed by atoms with van der Waals surface area (Å²) in [6.45, 7) is 2.17. The Labute approximate surface area is 79.8 Å². The fraction of sp³-hybridized carbons (Fsp3) is 0.889. The van der Waals surface area contributed by atoms with E-state index in [1.807, 2.05) is 0 Å². The summed E-state index contributed by atoms with van der Waals surface area (Å²) in [5, 5.41) is 8.58. The van der Waals surface area contributed by atoms with Gasteiger partial charge in [-0.25, -0.2) is 0 Å². The van der Waals surface area contributed by atoms with Gasteiger partial charge in [-0.15, -0.1) is 12.4 Å². The van der Waals surface area contributed by atoms with E-state index in [0.29, 0.717) is 0 Å². The molecule has 0 aliphatic heterocycles. The van der Waals surface area contributed by atoms with Crippen molar-refractivity contribution in [2.45, 2.75) is 39.0 Å². The van der Waals surface area contributed by atoms with Gasteiger partial charge in [-0.2, -0.15) is 0 Å². The Bertz CT molecular complexity index is 141. The van der Waals surface area contributed by atoms with Crippen LogP contribution in [0.3, 0.4) is 0 Å². The van der Waals surface area contributed by atoms with Gasteiger partial charge in [-0.05, 0) is 18.8 Å². The van der Waals surface area contributed by atoms with Crippen molar-refractivity contribution in [1.82, 2.24) is 0 Å². The van der Waals surface area contributed by atoms with Crippen LogP contribution < -0.4 is 0 Å². The van der Waals surface area contributed by atoms with E-state index >= 15 is 0 Å². The Morgan fingerprint density at radius 3 is 2.50 bits per heavy atom. The first-order valence-electron chi connectivity index (χ1n) is 4.46. The second-order valence-corrected chi connectivity index (χ2v) is 3.51. The summed E-state index contributed by atoms with van der Waals surface area (Å²) in [6, 6.07) is 0. The number of carbonyl (C=O) groups is 1. The molecule has 0 amide bonds. The highest BCUT2D eigenvalue weighted by molar-refractivity contribution is 5.85. The fourth-order valence-electron chi connectivity index (χ4n) is 1.67. The molecule has 1 saturated carbocycles. The van der Waals surface area contributed by atoms with E-state index in [1.54, 1.807) is 0 Å². The van der Waals surface area contributed by atoms with Crippen molar-refractivity contribution < 1.29 is 9.90 Å². The molecule has 0 radical (unpaired) electrons. The summed E-state index contributed by atoms with van der Waals surface area (Å²) in [5.41, 5.74) is 0. The van der Waals surface area contributed by atoms with Crippen LogP contribution in [0.15, 0.2) is 0 Å². The minimum Gasteiger partial charge on any atom is -0.481 e. The highest BCUT2D eigenvalue weighted by atomic mass is 35.5. The normalized spacial score (nSPS) is 27.1. The van der Waals surface area contributed by atoms with Crippen molar-refractivity contribution >= 4 is 18.4 Å². The Morgan fingerprint density at radius 2 is 2.08 bits per heavy atom. The molecule has 1 fully saturated rings. The third-order valence-electron chi connectivity index (χ3n) is 2.55. The largest absolute Gasteiger partial charge is 0.481 e. The van der Waals surface area contributed by atoms with Gasteiger partial charge >= 0.3 is 5.97 Å². The van der Waals surface area contributed by atoms with Gasteiger partial charge in [0.25, 0.3) is 0 Å². The Hall–Kier alpha value is -0.240. The van der Waals surface area contributed by atoms with Crippen molar-refractivity contribution in [3.05, 3.63) is 0 Å². The molecule has 3 heteroatoms. The van der Waals surface area contributed by atoms with Crippen LogP contribution in [0, 0.1) is 11.8 Å². The molecule has 0 atom stereocenters. The summed E-state index contributed by atoms with van der Waals surface area (Å²) in [5.74, 6) is 0.102. The summed E-state index contributed by atoms with van der Waals surface area (Å²) in [4.78, 5) is 10.4.